The molecule has 3 saturated heterocycles. The van der Waals surface area contributed by atoms with Gasteiger partial charge < -0.3 is 42.7 Å². The number of carbonyl (C=O) groups is 1. The minimum Gasteiger partial charge on any atom is -0.481 e. The van der Waals surface area contributed by atoms with Crippen molar-refractivity contribution in [1.82, 2.24) is 15.0 Å². The molecule has 4 atom stereocenters. The maximum atomic E-state index is 11.3. The number of nitrogens with zero attached hydrogens (tertiary/aromatic N) is 6. The lowest BCUT2D eigenvalue weighted by atomic mass is 9.97. The van der Waals surface area contributed by atoms with Gasteiger partial charge >= 0.3 is 5.97 Å². The first-order valence-electron chi connectivity index (χ1n) is 11.0. The predicted octanol–water partition coefficient (Wildman–Crippen LogP) is -2.10. The minimum absolute atomic E-state index is 0.0458. The van der Waals surface area contributed by atoms with E-state index >= 15 is 0 Å². The van der Waals surface area contributed by atoms with Crippen molar-refractivity contribution >= 4 is 23.8 Å². The lowest BCUT2D eigenvalue weighted by molar-refractivity contribution is -0.142. The van der Waals surface area contributed by atoms with E-state index in [9.17, 15) is 9.90 Å². The summed E-state index contributed by atoms with van der Waals surface area (Å²) in [5, 5.41) is 9.30. The molecule has 0 saturated carbocycles. The predicted molar refractivity (Wildman–Crippen MR) is 118 cm³/mol. The van der Waals surface area contributed by atoms with Gasteiger partial charge in [-0.2, -0.15) is 15.0 Å². The lowest BCUT2D eigenvalue weighted by Gasteiger charge is -2.38. The van der Waals surface area contributed by atoms with E-state index in [1.165, 1.54) is 0 Å². The van der Waals surface area contributed by atoms with Crippen LogP contribution in [-0.2, 0) is 4.79 Å². The van der Waals surface area contributed by atoms with Gasteiger partial charge in [-0.05, 0) is 25.7 Å². The zero-order valence-corrected chi connectivity index (χ0v) is 17.8. The third-order valence-corrected chi connectivity index (χ3v) is 6.32. The summed E-state index contributed by atoms with van der Waals surface area (Å²) < 4.78 is 0. The lowest BCUT2D eigenvalue weighted by Crippen LogP contribution is -2.54. The van der Waals surface area contributed by atoms with Crippen molar-refractivity contribution in [2.24, 2.45) is 28.9 Å². The third kappa shape index (κ3) is 5.14. The number of anilines is 3. The van der Waals surface area contributed by atoms with Crippen molar-refractivity contribution in [2.45, 2.75) is 49.9 Å². The van der Waals surface area contributed by atoms with E-state index in [1.807, 2.05) is 14.7 Å². The van der Waals surface area contributed by atoms with Gasteiger partial charge in [0, 0.05) is 63.4 Å². The van der Waals surface area contributed by atoms with Gasteiger partial charge in [-0.1, -0.05) is 0 Å². The minimum atomic E-state index is -0.746. The molecule has 0 radical (unpaired) electrons. The summed E-state index contributed by atoms with van der Waals surface area (Å²) in [5.74, 6) is 0.555. The summed E-state index contributed by atoms with van der Waals surface area (Å²) in [7, 11) is 0. The Morgan fingerprint density at radius 1 is 0.710 bits per heavy atom. The Balaban J connectivity index is 1.63. The molecule has 0 amide bonds. The van der Waals surface area contributed by atoms with Gasteiger partial charge in [0.05, 0.1) is 5.92 Å². The Kier molecular flexibility index (Phi) is 6.42. The normalized spacial score (nSPS) is 30.5. The van der Waals surface area contributed by atoms with Crippen molar-refractivity contribution in [2.75, 3.05) is 54.0 Å². The molecule has 1 aromatic rings. The van der Waals surface area contributed by atoms with E-state index in [2.05, 4.69) is 0 Å². The van der Waals surface area contributed by atoms with Crippen LogP contribution in [0, 0.1) is 5.92 Å². The van der Waals surface area contributed by atoms with Crippen LogP contribution in [0.15, 0.2) is 0 Å². The maximum absolute atomic E-state index is 11.3. The molecule has 1 aromatic heterocycles. The summed E-state index contributed by atoms with van der Waals surface area (Å²) in [6.45, 7) is 3.65. The van der Waals surface area contributed by atoms with Crippen molar-refractivity contribution in [3.8, 4) is 0 Å². The van der Waals surface area contributed by atoms with Gasteiger partial charge in [0.15, 0.2) is 0 Å². The first-order valence-corrected chi connectivity index (χ1v) is 11.0. The molecule has 12 heteroatoms. The van der Waals surface area contributed by atoms with E-state index < -0.39 is 5.97 Å². The fourth-order valence-electron chi connectivity index (χ4n) is 4.78. The second-order valence-corrected chi connectivity index (χ2v) is 9.16. The molecule has 12 nitrogen and oxygen atoms in total. The Labute approximate surface area is 182 Å². The molecule has 0 bridgehead atoms. The average molecular weight is 435 g/mol. The molecule has 172 valence electrons. The number of hydrogen-bond acceptors (Lipinski definition) is 11. The molecule has 3 aliphatic rings. The van der Waals surface area contributed by atoms with Gasteiger partial charge in [0.1, 0.15) is 0 Å². The van der Waals surface area contributed by atoms with Gasteiger partial charge in [-0.3, -0.25) is 4.79 Å². The third-order valence-electron chi connectivity index (χ3n) is 6.32. The molecule has 9 N–H and O–H groups in total. The van der Waals surface area contributed by atoms with E-state index in [1.54, 1.807) is 0 Å². The van der Waals surface area contributed by atoms with Crippen LogP contribution in [0.2, 0.25) is 0 Å². The van der Waals surface area contributed by atoms with Crippen molar-refractivity contribution in [1.29, 1.82) is 0 Å². The molecular formula is C19H34N10O2. The highest BCUT2D eigenvalue weighted by molar-refractivity contribution is 5.70. The van der Waals surface area contributed by atoms with E-state index in [4.69, 9.17) is 37.9 Å². The molecule has 3 aliphatic heterocycles. The Morgan fingerprint density at radius 3 is 1.42 bits per heavy atom. The number of hydrogen-bond donors (Lipinski definition) is 5. The number of piperidine rings is 3. The Hall–Kier alpha value is -2.28. The monoisotopic (exact) mass is 434 g/mol. The van der Waals surface area contributed by atoms with Crippen LogP contribution < -0.4 is 37.6 Å². The quantitative estimate of drug-likeness (QED) is 0.347. The highest BCUT2D eigenvalue weighted by Gasteiger charge is 2.31. The van der Waals surface area contributed by atoms with Crippen molar-refractivity contribution in [3.63, 3.8) is 0 Å². The standard InChI is InChI=1S/C19H34N10O2/c20-12-5-13(21)8-28(7-12)18-24-17(27-3-1-11(2-4-27)16(30)31)25-19(26-18)29-9-14(22)6-15(23)10-29/h11-15H,1-10,20-23H2,(H,30,31)/t12-,13+,14-,15+. The molecule has 0 spiro atoms. The molecule has 4 heterocycles. The van der Waals surface area contributed by atoms with E-state index in [0.29, 0.717) is 70.0 Å². The summed E-state index contributed by atoms with van der Waals surface area (Å²) in [6.07, 6.45) is 2.65. The van der Waals surface area contributed by atoms with Crippen LogP contribution in [-0.4, -0.2) is 89.5 Å². The van der Waals surface area contributed by atoms with Gasteiger partial charge in [-0.25, -0.2) is 0 Å². The molecule has 0 aromatic carbocycles. The SMILES string of the molecule is N[C@@H]1C[C@H](N)CN(c2nc(N3CCC(C(=O)O)CC3)nc(N3C[C@H](N)C[C@H](N)C3)n2)C1. The van der Waals surface area contributed by atoms with E-state index in [0.717, 1.165) is 12.8 Å². The first kappa shape index (κ1) is 21.9. The van der Waals surface area contributed by atoms with Crippen molar-refractivity contribution in [3.05, 3.63) is 0 Å². The highest BCUT2D eigenvalue weighted by atomic mass is 16.4. The van der Waals surface area contributed by atoms with Crippen LogP contribution in [0.1, 0.15) is 25.7 Å². The molecule has 0 unspecified atom stereocenters. The van der Waals surface area contributed by atoms with Gasteiger partial charge in [0.2, 0.25) is 17.8 Å². The zero-order chi connectivity index (χ0) is 22.1. The topological polar surface area (TPSA) is 190 Å². The summed E-state index contributed by atoms with van der Waals surface area (Å²) >= 11 is 0. The van der Waals surface area contributed by atoms with Crippen LogP contribution in [0.3, 0.4) is 0 Å². The number of carboxylic acids is 1. The maximum Gasteiger partial charge on any atom is 0.306 e. The van der Waals surface area contributed by atoms with Crippen LogP contribution in [0.5, 0.6) is 0 Å². The second kappa shape index (κ2) is 9.07. The smallest absolute Gasteiger partial charge is 0.306 e. The number of rotatable bonds is 4. The van der Waals surface area contributed by atoms with Gasteiger partial charge in [0.25, 0.3) is 0 Å². The zero-order valence-electron chi connectivity index (χ0n) is 17.8. The average Bonchev–Trinajstić information content (AvgIpc) is 2.72. The molecule has 3 fully saturated rings. The number of nitrogens with two attached hydrogens (primary N) is 4. The Bertz CT molecular complexity index is 723. The fourth-order valence-corrected chi connectivity index (χ4v) is 4.78. The van der Waals surface area contributed by atoms with Gasteiger partial charge in [-0.15, -0.1) is 0 Å². The molecule has 4 rings (SSSR count). The number of aromatic nitrogens is 3. The molecular weight excluding hydrogens is 400 g/mol. The number of carboxylic acid groups (broad SMARTS) is 1. The fraction of sp³-hybridized carbons (Fsp3) is 0.789. The van der Waals surface area contributed by atoms with Crippen LogP contribution in [0.4, 0.5) is 17.8 Å². The highest BCUT2D eigenvalue weighted by Crippen LogP contribution is 2.26. The van der Waals surface area contributed by atoms with Crippen molar-refractivity contribution < 1.29 is 9.90 Å². The summed E-state index contributed by atoms with van der Waals surface area (Å²) in [6, 6.07) is -0.183. The largest absolute Gasteiger partial charge is 0.481 e. The molecule has 31 heavy (non-hydrogen) atoms. The first-order chi connectivity index (χ1) is 14.8. The summed E-state index contributed by atoms with van der Waals surface area (Å²) in [4.78, 5) is 31.6. The van der Waals surface area contributed by atoms with Crippen LogP contribution >= 0.6 is 0 Å². The van der Waals surface area contributed by atoms with E-state index in [-0.39, 0.29) is 30.1 Å². The van der Waals surface area contributed by atoms with Crippen LogP contribution in [0.25, 0.3) is 0 Å². The number of aliphatic carboxylic acids is 1. The Morgan fingerprint density at radius 2 is 1.06 bits per heavy atom. The molecule has 0 aliphatic carbocycles. The second-order valence-electron chi connectivity index (χ2n) is 9.16. The summed E-state index contributed by atoms with van der Waals surface area (Å²) in [5.41, 5.74) is 24.8.